The van der Waals surface area contributed by atoms with Crippen LogP contribution >= 0.6 is 0 Å². The second-order valence-corrected chi connectivity index (χ2v) is 3.77. The summed E-state index contributed by atoms with van der Waals surface area (Å²) in [6, 6.07) is 6.75. The molecule has 1 amide bonds. The number of anilines is 1. The molecule has 0 fully saturated rings. The van der Waals surface area contributed by atoms with E-state index in [-0.39, 0.29) is 12.5 Å². The first kappa shape index (κ1) is 14.4. The van der Waals surface area contributed by atoms with Gasteiger partial charge in [-0.1, -0.05) is 0 Å². The van der Waals surface area contributed by atoms with E-state index in [0.29, 0.717) is 12.2 Å². The number of nitrogens with zero attached hydrogens (tertiary/aromatic N) is 1. The number of aliphatic hydroxyl groups is 1. The molecule has 0 saturated carbocycles. The monoisotopic (exact) mass is 253 g/mol. The number of hydrazine groups is 1. The van der Waals surface area contributed by atoms with Gasteiger partial charge < -0.3 is 14.7 Å². The molecule has 1 aromatic rings. The molecule has 0 saturated heterocycles. The number of nitrogen functional groups attached to an aromatic ring is 1. The quantitative estimate of drug-likeness (QED) is 0.289. The van der Waals surface area contributed by atoms with Crippen LogP contribution in [0.2, 0.25) is 0 Å². The smallest absolute Gasteiger partial charge is 0.265 e. The number of rotatable bonds is 6. The van der Waals surface area contributed by atoms with Crippen molar-refractivity contribution in [2.24, 2.45) is 5.84 Å². The topological polar surface area (TPSA) is 87.8 Å². The Bertz CT molecular complexity index is 381. The fraction of sp³-hybridized carbons (Fsp3) is 0.417. The van der Waals surface area contributed by atoms with E-state index in [1.165, 1.54) is 0 Å². The summed E-state index contributed by atoms with van der Waals surface area (Å²) in [7, 11) is 1.75. The second kappa shape index (κ2) is 6.95. The number of amides is 1. The number of benzene rings is 1. The number of nitrogens with two attached hydrogens (primary N) is 1. The Kier molecular flexibility index (Phi) is 5.57. The molecule has 1 rings (SSSR count). The number of aliphatic hydroxyl groups excluding tert-OH is 1. The van der Waals surface area contributed by atoms with Crippen molar-refractivity contribution in [1.29, 1.82) is 0 Å². The lowest BCUT2D eigenvalue weighted by Crippen LogP contribution is -2.35. The molecule has 6 nitrogen and oxygen atoms in total. The minimum absolute atomic E-state index is 0.234. The lowest BCUT2D eigenvalue weighted by Gasteiger charge is -2.25. The van der Waals surface area contributed by atoms with Gasteiger partial charge in [0.05, 0.1) is 6.61 Å². The van der Waals surface area contributed by atoms with Crippen molar-refractivity contribution in [3.05, 3.63) is 29.8 Å². The van der Waals surface area contributed by atoms with Crippen LogP contribution in [0.1, 0.15) is 17.3 Å². The molecule has 1 atom stereocenters. The van der Waals surface area contributed by atoms with Crippen LogP contribution in [-0.2, 0) is 4.74 Å². The van der Waals surface area contributed by atoms with Crippen molar-refractivity contribution in [2.45, 2.75) is 13.2 Å². The molecule has 0 aliphatic carbocycles. The van der Waals surface area contributed by atoms with Crippen LogP contribution in [0.25, 0.3) is 0 Å². The van der Waals surface area contributed by atoms with Crippen molar-refractivity contribution in [3.8, 4) is 0 Å². The Morgan fingerprint density at radius 2 is 2.11 bits per heavy atom. The van der Waals surface area contributed by atoms with E-state index < -0.39 is 6.23 Å². The molecule has 4 N–H and O–H groups in total. The third kappa shape index (κ3) is 3.69. The van der Waals surface area contributed by atoms with Crippen LogP contribution in [-0.4, -0.2) is 37.5 Å². The van der Waals surface area contributed by atoms with E-state index in [1.807, 2.05) is 6.92 Å². The maximum Gasteiger partial charge on any atom is 0.265 e. The van der Waals surface area contributed by atoms with Gasteiger partial charge in [0.1, 0.15) is 6.23 Å². The van der Waals surface area contributed by atoms with E-state index >= 15 is 0 Å². The predicted octanol–water partition coefficient (Wildman–Crippen LogP) is 0.0812. The summed E-state index contributed by atoms with van der Waals surface area (Å²) >= 11 is 0. The first-order valence-corrected chi connectivity index (χ1v) is 5.69. The van der Waals surface area contributed by atoms with E-state index in [4.69, 9.17) is 10.6 Å². The minimum atomic E-state index is -0.723. The third-order valence-electron chi connectivity index (χ3n) is 2.59. The fourth-order valence-electron chi connectivity index (χ4n) is 1.44. The highest BCUT2D eigenvalue weighted by Gasteiger charge is 2.12. The molecular weight excluding hydrogens is 234 g/mol. The third-order valence-corrected chi connectivity index (χ3v) is 2.59. The maximum atomic E-state index is 11.3. The summed E-state index contributed by atoms with van der Waals surface area (Å²) < 4.78 is 5.14. The highest BCUT2D eigenvalue weighted by atomic mass is 16.5. The largest absolute Gasteiger partial charge is 0.377 e. The zero-order valence-electron chi connectivity index (χ0n) is 10.6. The lowest BCUT2D eigenvalue weighted by atomic mass is 10.2. The number of hydrogen-bond donors (Lipinski definition) is 3. The molecular formula is C12H19N3O3. The maximum absolute atomic E-state index is 11.3. The molecule has 100 valence electrons. The molecule has 0 aliphatic rings. The number of carbonyl (C=O) groups excluding carboxylic acids is 1. The summed E-state index contributed by atoms with van der Waals surface area (Å²) in [5.41, 5.74) is 3.31. The Morgan fingerprint density at radius 1 is 1.50 bits per heavy atom. The molecule has 1 unspecified atom stereocenters. The Morgan fingerprint density at radius 3 is 2.61 bits per heavy atom. The first-order chi connectivity index (χ1) is 8.60. The van der Waals surface area contributed by atoms with Crippen LogP contribution in [0.3, 0.4) is 0 Å². The van der Waals surface area contributed by atoms with Crippen LogP contribution in [0.15, 0.2) is 24.3 Å². The summed E-state index contributed by atoms with van der Waals surface area (Å²) in [5, 5.41) is 9.83. The summed E-state index contributed by atoms with van der Waals surface area (Å²) in [4.78, 5) is 12.9. The van der Waals surface area contributed by atoms with Crippen LogP contribution in [0.4, 0.5) is 5.69 Å². The van der Waals surface area contributed by atoms with E-state index in [1.54, 1.807) is 36.2 Å². The average molecular weight is 253 g/mol. The summed E-state index contributed by atoms with van der Waals surface area (Å²) in [6.45, 7) is 2.66. The van der Waals surface area contributed by atoms with E-state index in [0.717, 1.165) is 5.69 Å². The molecule has 0 spiro atoms. The molecule has 0 heterocycles. The fourth-order valence-corrected chi connectivity index (χ4v) is 1.44. The van der Waals surface area contributed by atoms with Gasteiger partial charge >= 0.3 is 0 Å². The Labute approximate surface area is 106 Å². The number of nitrogens with one attached hydrogen (secondary N) is 1. The van der Waals surface area contributed by atoms with Gasteiger partial charge in [0, 0.05) is 24.9 Å². The van der Waals surface area contributed by atoms with Gasteiger partial charge in [-0.2, -0.15) is 0 Å². The van der Waals surface area contributed by atoms with Crippen molar-refractivity contribution < 1.29 is 14.6 Å². The average Bonchev–Trinajstić information content (AvgIpc) is 2.43. The molecule has 1 aromatic carbocycles. The van der Waals surface area contributed by atoms with Gasteiger partial charge in [0.2, 0.25) is 0 Å². The van der Waals surface area contributed by atoms with E-state index in [9.17, 15) is 9.90 Å². The zero-order valence-corrected chi connectivity index (χ0v) is 10.6. The standard InChI is InChI=1S/C12H19N3O3/c1-3-18-8-11(16)15(2)10-6-4-9(5-7-10)12(17)14-13/h4-7,11,16H,3,8,13H2,1-2H3,(H,14,17). The molecule has 0 bridgehead atoms. The number of ether oxygens (including phenoxy) is 1. The van der Waals surface area contributed by atoms with Crippen LogP contribution in [0.5, 0.6) is 0 Å². The molecule has 0 radical (unpaired) electrons. The van der Waals surface area contributed by atoms with Crippen molar-refractivity contribution in [2.75, 3.05) is 25.2 Å². The SMILES string of the molecule is CCOCC(O)N(C)c1ccc(C(=O)NN)cc1. The number of carbonyl (C=O) groups is 1. The Balaban J connectivity index is 2.69. The summed E-state index contributed by atoms with van der Waals surface area (Å²) in [6.07, 6.45) is -0.723. The van der Waals surface area contributed by atoms with Gasteiger partial charge in [-0.25, -0.2) is 5.84 Å². The zero-order chi connectivity index (χ0) is 13.5. The summed E-state index contributed by atoms with van der Waals surface area (Å²) in [5.74, 6) is 4.69. The highest BCUT2D eigenvalue weighted by molar-refractivity contribution is 5.94. The van der Waals surface area contributed by atoms with Gasteiger partial charge in [-0.05, 0) is 31.2 Å². The van der Waals surface area contributed by atoms with Crippen LogP contribution < -0.4 is 16.2 Å². The van der Waals surface area contributed by atoms with Crippen molar-refractivity contribution >= 4 is 11.6 Å². The van der Waals surface area contributed by atoms with Crippen molar-refractivity contribution in [3.63, 3.8) is 0 Å². The molecule has 6 heteroatoms. The number of likely N-dealkylation sites (N-methyl/N-ethyl adjacent to an activating group) is 1. The van der Waals surface area contributed by atoms with Gasteiger partial charge in [0.25, 0.3) is 5.91 Å². The van der Waals surface area contributed by atoms with Crippen molar-refractivity contribution in [1.82, 2.24) is 5.43 Å². The van der Waals surface area contributed by atoms with Gasteiger partial charge in [-0.15, -0.1) is 0 Å². The molecule has 0 aromatic heterocycles. The van der Waals surface area contributed by atoms with Gasteiger partial charge in [0.15, 0.2) is 0 Å². The second-order valence-electron chi connectivity index (χ2n) is 3.77. The van der Waals surface area contributed by atoms with E-state index in [2.05, 4.69) is 5.43 Å². The molecule has 0 aliphatic heterocycles. The van der Waals surface area contributed by atoms with Gasteiger partial charge in [-0.3, -0.25) is 10.2 Å². The normalized spacial score (nSPS) is 12.0. The predicted molar refractivity (Wildman–Crippen MR) is 69.0 cm³/mol. The minimum Gasteiger partial charge on any atom is -0.377 e. The Hall–Kier alpha value is -1.63. The lowest BCUT2D eigenvalue weighted by molar-refractivity contribution is 0.0434. The number of hydrogen-bond acceptors (Lipinski definition) is 5. The molecule has 18 heavy (non-hydrogen) atoms. The first-order valence-electron chi connectivity index (χ1n) is 5.69. The highest BCUT2D eigenvalue weighted by Crippen LogP contribution is 2.15. The van der Waals surface area contributed by atoms with Crippen LogP contribution in [0, 0.1) is 0 Å².